The van der Waals surface area contributed by atoms with Gasteiger partial charge in [-0.15, -0.1) is 0 Å². The lowest BCUT2D eigenvalue weighted by molar-refractivity contribution is 0.0891. The fourth-order valence-electron chi connectivity index (χ4n) is 2.41. The molecule has 16 heavy (non-hydrogen) atoms. The Morgan fingerprint density at radius 3 is 3.00 bits per heavy atom. The minimum absolute atomic E-state index is 0.0142. The molecule has 4 nitrogen and oxygen atoms in total. The topological polar surface area (TPSA) is 57.8 Å². The summed E-state index contributed by atoms with van der Waals surface area (Å²) in [5, 5.41) is 9.54. The highest BCUT2D eigenvalue weighted by Crippen LogP contribution is 2.29. The van der Waals surface area contributed by atoms with E-state index in [0.717, 1.165) is 6.42 Å². The van der Waals surface area contributed by atoms with Crippen molar-refractivity contribution in [2.24, 2.45) is 11.8 Å². The van der Waals surface area contributed by atoms with Gasteiger partial charge in [0.05, 0.1) is 11.8 Å². The first-order valence-electron chi connectivity index (χ1n) is 5.98. The van der Waals surface area contributed by atoms with Crippen molar-refractivity contribution in [2.45, 2.75) is 39.2 Å². The monoisotopic (exact) mass is 221 g/mol. The molecule has 3 atom stereocenters. The maximum absolute atomic E-state index is 11.9. The van der Waals surface area contributed by atoms with Crippen molar-refractivity contribution in [2.75, 3.05) is 0 Å². The summed E-state index contributed by atoms with van der Waals surface area (Å²) in [6, 6.07) is 0.311. The van der Waals surface area contributed by atoms with Gasteiger partial charge in [-0.05, 0) is 18.3 Å². The number of amides is 1. The van der Waals surface area contributed by atoms with E-state index in [1.165, 1.54) is 12.8 Å². The van der Waals surface area contributed by atoms with Crippen LogP contribution in [0.3, 0.4) is 0 Å². The van der Waals surface area contributed by atoms with Crippen molar-refractivity contribution in [1.82, 2.24) is 15.5 Å². The van der Waals surface area contributed by atoms with Gasteiger partial charge >= 0.3 is 0 Å². The molecule has 2 rings (SSSR count). The summed E-state index contributed by atoms with van der Waals surface area (Å²) in [7, 11) is 0. The number of nitrogens with one attached hydrogen (secondary N) is 2. The minimum atomic E-state index is -0.0142. The third-order valence-corrected chi connectivity index (χ3v) is 3.78. The van der Waals surface area contributed by atoms with Crippen LogP contribution >= 0.6 is 0 Å². The molecule has 1 heterocycles. The Labute approximate surface area is 95.8 Å². The molecule has 88 valence electrons. The largest absolute Gasteiger partial charge is 0.349 e. The minimum Gasteiger partial charge on any atom is -0.349 e. The molecule has 1 aliphatic rings. The number of hydrogen-bond donors (Lipinski definition) is 2. The lowest BCUT2D eigenvalue weighted by Crippen LogP contribution is -2.43. The molecule has 0 aromatic carbocycles. The highest BCUT2D eigenvalue weighted by molar-refractivity contribution is 5.93. The van der Waals surface area contributed by atoms with Crippen molar-refractivity contribution >= 4 is 5.91 Å². The van der Waals surface area contributed by atoms with E-state index in [0.29, 0.717) is 23.4 Å². The lowest BCUT2D eigenvalue weighted by atomic mass is 9.78. The molecular weight excluding hydrogens is 202 g/mol. The van der Waals surface area contributed by atoms with Crippen molar-refractivity contribution < 1.29 is 4.79 Å². The van der Waals surface area contributed by atoms with E-state index in [9.17, 15) is 4.79 Å². The average Bonchev–Trinajstić information content (AvgIpc) is 2.78. The predicted octanol–water partition coefficient (Wildman–Crippen LogP) is 1.96. The molecular formula is C12H19N3O. The molecule has 0 saturated heterocycles. The van der Waals surface area contributed by atoms with E-state index in [1.54, 1.807) is 12.4 Å². The first-order valence-corrected chi connectivity index (χ1v) is 5.98. The van der Waals surface area contributed by atoms with Crippen molar-refractivity contribution in [3.63, 3.8) is 0 Å². The average molecular weight is 221 g/mol. The molecule has 0 bridgehead atoms. The van der Waals surface area contributed by atoms with Gasteiger partial charge in [-0.1, -0.05) is 26.7 Å². The van der Waals surface area contributed by atoms with Crippen LogP contribution in [-0.4, -0.2) is 22.1 Å². The van der Waals surface area contributed by atoms with Crippen LogP contribution in [0, 0.1) is 11.8 Å². The number of nitrogens with zero attached hydrogens (tertiary/aromatic N) is 1. The summed E-state index contributed by atoms with van der Waals surface area (Å²) < 4.78 is 0. The predicted molar refractivity (Wildman–Crippen MR) is 62.0 cm³/mol. The van der Waals surface area contributed by atoms with E-state index in [4.69, 9.17) is 0 Å². The molecule has 4 heteroatoms. The zero-order valence-electron chi connectivity index (χ0n) is 9.86. The van der Waals surface area contributed by atoms with Crippen LogP contribution < -0.4 is 5.32 Å². The maximum Gasteiger partial charge on any atom is 0.254 e. The van der Waals surface area contributed by atoms with E-state index in [-0.39, 0.29) is 5.91 Å². The summed E-state index contributed by atoms with van der Waals surface area (Å²) in [5.41, 5.74) is 0.616. The van der Waals surface area contributed by atoms with Gasteiger partial charge in [0.1, 0.15) is 0 Å². The zero-order chi connectivity index (χ0) is 11.5. The van der Waals surface area contributed by atoms with Gasteiger partial charge in [-0.2, -0.15) is 5.10 Å². The van der Waals surface area contributed by atoms with Crippen LogP contribution in [0.25, 0.3) is 0 Å². The lowest BCUT2D eigenvalue weighted by Gasteiger charge is -2.34. The van der Waals surface area contributed by atoms with E-state index in [1.807, 2.05) is 0 Å². The van der Waals surface area contributed by atoms with Gasteiger partial charge in [0.25, 0.3) is 5.91 Å². The molecule has 3 unspecified atom stereocenters. The van der Waals surface area contributed by atoms with Crippen LogP contribution in [0.4, 0.5) is 0 Å². The number of carbonyl (C=O) groups excluding carboxylic acids is 1. The number of hydrogen-bond acceptors (Lipinski definition) is 2. The standard InChI is InChI=1S/C12H19N3O/c1-8-4-3-5-11(9(8)2)15-12(16)10-6-13-14-7-10/h6-9,11H,3-5H2,1-2H3,(H,13,14)(H,15,16). The van der Waals surface area contributed by atoms with Crippen LogP contribution in [0.1, 0.15) is 43.5 Å². The summed E-state index contributed by atoms with van der Waals surface area (Å²) in [5.74, 6) is 1.24. The van der Waals surface area contributed by atoms with Crippen molar-refractivity contribution in [3.05, 3.63) is 18.0 Å². The Kier molecular flexibility index (Phi) is 3.27. The molecule has 1 aromatic heterocycles. The summed E-state index contributed by atoms with van der Waals surface area (Å²) in [6.45, 7) is 4.49. The number of H-pyrrole nitrogens is 1. The van der Waals surface area contributed by atoms with Crippen LogP contribution in [0.5, 0.6) is 0 Å². The number of aromatic amines is 1. The summed E-state index contributed by atoms with van der Waals surface area (Å²) in [6.07, 6.45) is 6.77. The Bertz CT molecular complexity index is 347. The third-order valence-electron chi connectivity index (χ3n) is 3.78. The second-order valence-corrected chi connectivity index (χ2v) is 4.83. The van der Waals surface area contributed by atoms with Crippen LogP contribution in [-0.2, 0) is 0 Å². The van der Waals surface area contributed by atoms with Gasteiger partial charge in [0, 0.05) is 12.2 Å². The Balaban J connectivity index is 1.96. The number of aromatic nitrogens is 2. The first kappa shape index (κ1) is 11.2. The molecule has 1 fully saturated rings. The molecule has 1 saturated carbocycles. The molecule has 2 N–H and O–H groups in total. The van der Waals surface area contributed by atoms with Crippen molar-refractivity contribution in [3.8, 4) is 0 Å². The Morgan fingerprint density at radius 1 is 1.50 bits per heavy atom. The van der Waals surface area contributed by atoms with Gasteiger partial charge in [-0.25, -0.2) is 0 Å². The summed E-state index contributed by atoms with van der Waals surface area (Å²) >= 11 is 0. The fraction of sp³-hybridized carbons (Fsp3) is 0.667. The molecule has 1 aromatic rings. The SMILES string of the molecule is CC1CCCC(NC(=O)c2cn[nH]c2)C1C. The number of carbonyl (C=O) groups is 1. The van der Waals surface area contributed by atoms with Crippen LogP contribution in [0.15, 0.2) is 12.4 Å². The van der Waals surface area contributed by atoms with Crippen LogP contribution in [0.2, 0.25) is 0 Å². The van der Waals surface area contributed by atoms with Gasteiger partial charge in [0.15, 0.2) is 0 Å². The normalized spacial score (nSPS) is 30.0. The van der Waals surface area contributed by atoms with Crippen molar-refractivity contribution in [1.29, 1.82) is 0 Å². The highest BCUT2D eigenvalue weighted by Gasteiger charge is 2.28. The first-order chi connectivity index (χ1) is 7.68. The fourth-order valence-corrected chi connectivity index (χ4v) is 2.41. The Morgan fingerprint density at radius 2 is 2.31 bits per heavy atom. The maximum atomic E-state index is 11.9. The molecule has 1 amide bonds. The van der Waals surface area contributed by atoms with E-state index in [2.05, 4.69) is 29.4 Å². The van der Waals surface area contributed by atoms with Gasteiger partial charge < -0.3 is 5.32 Å². The highest BCUT2D eigenvalue weighted by atomic mass is 16.1. The number of rotatable bonds is 2. The molecule has 0 spiro atoms. The molecule has 1 aliphatic carbocycles. The second kappa shape index (κ2) is 4.68. The Hall–Kier alpha value is -1.32. The van der Waals surface area contributed by atoms with E-state index >= 15 is 0 Å². The zero-order valence-corrected chi connectivity index (χ0v) is 9.86. The molecule has 0 aliphatic heterocycles. The molecule has 0 radical (unpaired) electrons. The second-order valence-electron chi connectivity index (χ2n) is 4.83. The van der Waals surface area contributed by atoms with Gasteiger partial charge in [-0.3, -0.25) is 9.89 Å². The third kappa shape index (κ3) is 2.26. The van der Waals surface area contributed by atoms with Gasteiger partial charge in [0.2, 0.25) is 0 Å². The van der Waals surface area contributed by atoms with E-state index < -0.39 is 0 Å². The smallest absolute Gasteiger partial charge is 0.254 e. The quantitative estimate of drug-likeness (QED) is 0.802. The summed E-state index contributed by atoms with van der Waals surface area (Å²) in [4.78, 5) is 11.9.